The van der Waals surface area contributed by atoms with Crippen LogP contribution in [-0.4, -0.2) is 50.9 Å². The minimum atomic E-state index is -1.83. The molecule has 2 N–H and O–H groups in total. The van der Waals surface area contributed by atoms with E-state index in [2.05, 4.69) is 0 Å². The lowest BCUT2D eigenvalue weighted by Gasteiger charge is -2.35. The molecule has 7 nitrogen and oxygen atoms in total. The van der Waals surface area contributed by atoms with Crippen LogP contribution in [0.3, 0.4) is 0 Å². The number of aliphatic hydroxyl groups excluding tert-OH is 2. The third kappa shape index (κ3) is 1.65. The van der Waals surface area contributed by atoms with Crippen LogP contribution in [0.4, 0.5) is 0 Å². The molecule has 3 fully saturated rings. The second-order valence-electron chi connectivity index (χ2n) is 6.01. The fraction of sp³-hybridized carbons (Fsp3) is 1.00. The van der Waals surface area contributed by atoms with Crippen LogP contribution >= 0.6 is 0 Å². The molecule has 3 rings (SSSR count). The van der Waals surface area contributed by atoms with E-state index in [1.165, 1.54) is 6.92 Å². The van der Waals surface area contributed by atoms with Crippen molar-refractivity contribution in [3.8, 4) is 0 Å². The molecule has 0 amide bonds. The Morgan fingerprint density at radius 2 is 1.58 bits per heavy atom. The predicted molar refractivity (Wildman–Crippen MR) is 63.0 cm³/mol. The van der Waals surface area contributed by atoms with Gasteiger partial charge in [-0.15, -0.1) is 0 Å². The number of hydrogen-bond donors (Lipinski definition) is 2. The lowest BCUT2D eigenvalue weighted by molar-refractivity contribution is -0.588. The Morgan fingerprint density at radius 1 is 1.11 bits per heavy atom. The van der Waals surface area contributed by atoms with Crippen molar-refractivity contribution in [3.05, 3.63) is 10.1 Å². The summed E-state index contributed by atoms with van der Waals surface area (Å²) in [5, 5.41) is 31.5. The highest BCUT2D eigenvalue weighted by molar-refractivity contribution is 5.12. The smallest absolute Gasteiger partial charge is 0.275 e. The largest absolute Gasteiger partial charge is 0.383 e. The summed E-state index contributed by atoms with van der Waals surface area (Å²) in [6, 6.07) is 0. The first-order valence-corrected chi connectivity index (χ1v) is 6.77. The number of nitro groups is 1. The molecular weight excluding hydrogens is 254 g/mol. The Kier molecular flexibility index (Phi) is 2.87. The van der Waals surface area contributed by atoms with Gasteiger partial charge in [0.15, 0.2) is 18.0 Å². The first-order chi connectivity index (χ1) is 8.91. The van der Waals surface area contributed by atoms with Crippen LogP contribution in [0.25, 0.3) is 0 Å². The molecule has 5 atom stereocenters. The van der Waals surface area contributed by atoms with Crippen molar-refractivity contribution in [2.75, 3.05) is 0 Å². The number of ether oxygens (including phenoxy) is 2. The highest BCUT2D eigenvalue weighted by atomic mass is 16.8. The highest BCUT2D eigenvalue weighted by Crippen LogP contribution is 2.49. The maximum atomic E-state index is 11.1. The lowest BCUT2D eigenvalue weighted by Crippen LogP contribution is -2.54. The van der Waals surface area contributed by atoms with Gasteiger partial charge in [-0.25, -0.2) is 0 Å². The second-order valence-corrected chi connectivity index (χ2v) is 6.01. The van der Waals surface area contributed by atoms with Crippen LogP contribution in [0.2, 0.25) is 0 Å². The molecule has 0 radical (unpaired) electrons. The summed E-state index contributed by atoms with van der Waals surface area (Å²) < 4.78 is 11.6. The molecule has 0 aromatic heterocycles. The normalized spacial score (nSPS) is 48.4. The average Bonchev–Trinajstić information content (AvgIpc) is 2.82. The van der Waals surface area contributed by atoms with Crippen LogP contribution in [0.1, 0.15) is 39.0 Å². The fourth-order valence-corrected chi connectivity index (χ4v) is 3.53. The highest BCUT2D eigenvalue weighted by Gasteiger charge is 2.71. The van der Waals surface area contributed by atoms with Gasteiger partial charge in [-0.05, 0) is 12.8 Å². The van der Waals surface area contributed by atoms with Gasteiger partial charge in [0.05, 0.1) is 0 Å². The van der Waals surface area contributed by atoms with Gasteiger partial charge < -0.3 is 19.7 Å². The summed E-state index contributed by atoms with van der Waals surface area (Å²) in [5.41, 5.74) is -1.83. The summed E-state index contributed by atoms with van der Waals surface area (Å²) in [4.78, 5) is 10.5. The van der Waals surface area contributed by atoms with E-state index in [-0.39, 0.29) is 0 Å². The molecule has 1 heterocycles. The molecule has 3 unspecified atom stereocenters. The van der Waals surface area contributed by atoms with Crippen LogP contribution in [0.15, 0.2) is 0 Å². The van der Waals surface area contributed by atoms with Crippen molar-refractivity contribution in [3.63, 3.8) is 0 Å². The van der Waals surface area contributed by atoms with Crippen molar-refractivity contribution in [1.29, 1.82) is 0 Å². The van der Waals surface area contributed by atoms with Gasteiger partial charge >= 0.3 is 0 Å². The predicted octanol–water partition coefficient (Wildman–Crippen LogP) is 0.202. The fourth-order valence-electron chi connectivity index (χ4n) is 3.53. The lowest BCUT2D eigenvalue weighted by atomic mass is 9.93. The monoisotopic (exact) mass is 273 g/mol. The van der Waals surface area contributed by atoms with Gasteiger partial charge in [0.1, 0.15) is 12.2 Å². The summed E-state index contributed by atoms with van der Waals surface area (Å²) in [7, 11) is 0. The molecule has 1 aliphatic heterocycles. The van der Waals surface area contributed by atoms with Gasteiger partial charge in [-0.1, -0.05) is 6.42 Å². The zero-order valence-electron chi connectivity index (χ0n) is 10.8. The molecule has 1 spiro atoms. The Morgan fingerprint density at radius 3 is 2.00 bits per heavy atom. The van der Waals surface area contributed by atoms with E-state index < -0.39 is 40.7 Å². The third-order valence-corrected chi connectivity index (χ3v) is 4.85. The van der Waals surface area contributed by atoms with Crippen molar-refractivity contribution >= 4 is 0 Å². The Labute approximate surface area is 110 Å². The van der Waals surface area contributed by atoms with Gasteiger partial charge in [-0.3, -0.25) is 10.1 Å². The summed E-state index contributed by atoms with van der Waals surface area (Å²) in [6.07, 6.45) is 0.140. The summed E-state index contributed by atoms with van der Waals surface area (Å²) in [5.74, 6) is -0.756. The van der Waals surface area contributed by atoms with Crippen molar-refractivity contribution < 1.29 is 24.6 Å². The molecule has 3 aliphatic rings. The number of nitrogens with zero attached hydrogens (tertiary/aromatic N) is 1. The van der Waals surface area contributed by atoms with Gasteiger partial charge in [0, 0.05) is 24.7 Å². The number of fused-ring (bicyclic) bond motifs is 1. The van der Waals surface area contributed by atoms with E-state index in [0.29, 0.717) is 12.8 Å². The van der Waals surface area contributed by atoms with E-state index >= 15 is 0 Å². The van der Waals surface area contributed by atoms with Crippen LogP contribution < -0.4 is 0 Å². The van der Waals surface area contributed by atoms with Crippen LogP contribution in [0, 0.1) is 10.1 Å². The van der Waals surface area contributed by atoms with Gasteiger partial charge in [0.25, 0.3) is 5.54 Å². The zero-order chi connectivity index (χ0) is 13.8. The minimum Gasteiger partial charge on any atom is -0.383 e. The van der Waals surface area contributed by atoms with Crippen molar-refractivity contribution in [2.45, 2.75) is 74.8 Å². The van der Waals surface area contributed by atoms with E-state index in [9.17, 15) is 20.3 Å². The Balaban J connectivity index is 1.85. The number of hydrogen-bond acceptors (Lipinski definition) is 6. The molecular formula is C12H19NO6. The van der Waals surface area contributed by atoms with Crippen molar-refractivity contribution in [2.24, 2.45) is 0 Å². The van der Waals surface area contributed by atoms with Crippen LogP contribution in [-0.2, 0) is 9.47 Å². The molecule has 0 aromatic rings. The van der Waals surface area contributed by atoms with Crippen molar-refractivity contribution in [1.82, 2.24) is 0 Å². The molecule has 2 saturated carbocycles. The maximum absolute atomic E-state index is 11.1. The average molecular weight is 273 g/mol. The number of aliphatic hydroxyl groups is 2. The van der Waals surface area contributed by atoms with Crippen LogP contribution in [0.5, 0.6) is 0 Å². The van der Waals surface area contributed by atoms with E-state index in [1.54, 1.807) is 0 Å². The quantitative estimate of drug-likeness (QED) is 0.522. The zero-order valence-corrected chi connectivity index (χ0v) is 10.8. The standard InChI is InChI=1S/C12H19NO6/c1-11(13(16)17)9(14)7-8(10(11)15)19-12(18-7)5-3-2-4-6-12/h7-10,14-15H,2-6H2,1H3/t7-,8+,9?,10?,11?. The molecule has 108 valence electrons. The van der Waals surface area contributed by atoms with E-state index in [4.69, 9.17) is 9.47 Å². The first kappa shape index (κ1) is 13.2. The maximum Gasteiger partial charge on any atom is 0.275 e. The molecule has 1 saturated heterocycles. The topological polar surface area (TPSA) is 102 Å². The Bertz CT molecular complexity index is 374. The molecule has 0 bridgehead atoms. The summed E-state index contributed by atoms with van der Waals surface area (Å²) in [6.45, 7) is 1.24. The Hall–Kier alpha value is -0.760. The molecule has 19 heavy (non-hydrogen) atoms. The van der Waals surface area contributed by atoms with E-state index in [0.717, 1.165) is 19.3 Å². The third-order valence-electron chi connectivity index (χ3n) is 4.85. The van der Waals surface area contributed by atoms with E-state index in [1.807, 2.05) is 0 Å². The van der Waals surface area contributed by atoms with Gasteiger partial charge in [-0.2, -0.15) is 0 Å². The van der Waals surface area contributed by atoms with Gasteiger partial charge in [0.2, 0.25) is 0 Å². The molecule has 0 aromatic carbocycles. The molecule has 7 heteroatoms. The number of rotatable bonds is 1. The first-order valence-electron chi connectivity index (χ1n) is 6.77. The SMILES string of the molecule is CC1([N+](=O)[O-])C(O)[C@H]2OC3(CCCCC3)O[C@H]2C1O. The molecule has 2 aliphatic carbocycles. The summed E-state index contributed by atoms with van der Waals surface area (Å²) >= 11 is 0. The minimum absolute atomic E-state index is 0.638. The second kappa shape index (κ2) is 4.12.